The van der Waals surface area contributed by atoms with Crippen molar-refractivity contribution in [2.24, 2.45) is 17.6 Å². The minimum atomic E-state index is -3.51. The van der Waals surface area contributed by atoms with Crippen LogP contribution in [0.25, 0.3) is 0 Å². The number of rotatable bonds is 7. The minimum absolute atomic E-state index is 0.0282. The van der Waals surface area contributed by atoms with E-state index in [0.29, 0.717) is 37.0 Å². The van der Waals surface area contributed by atoms with Gasteiger partial charge in [-0.1, -0.05) is 13.8 Å². The summed E-state index contributed by atoms with van der Waals surface area (Å²) >= 11 is 0. The number of carbonyl (C=O) groups is 1. The highest BCUT2D eigenvalue weighted by Crippen LogP contribution is 2.37. The Morgan fingerprint density at radius 2 is 1.74 bits per heavy atom. The fourth-order valence-electron chi connectivity index (χ4n) is 4.43. The molecule has 1 aromatic carbocycles. The summed E-state index contributed by atoms with van der Waals surface area (Å²) in [6, 6.07) is 6.59. The van der Waals surface area contributed by atoms with E-state index in [4.69, 9.17) is 5.73 Å². The Kier molecular flexibility index (Phi) is 6.23. The number of amides is 1. The van der Waals surface area contributed by atoms with Crippen LogP contribution in [-0.4, -0.2) is 55.8 Å². The summed E-state index contributed by atoms with van der Waals surface area (Å²) in [4.78, 5) is 14.9. The molecule has 6 nitrogen and oxygen atoms in total. The molecule has 27 heavy (non-hydrogen) atoms. The fraction of sp³-hybridized carbons (Fsp3) is 0.650. The molecule has 1 heterocycles. The van der Waals surface area contributed by atoms with Crippen LogP contribution in [0.3, 0.4) is 0 Å². The monoisotopic (exact) mass is 393 g/mol. The first-order valence-electron chi connectivity index (χ1n) is 10.0. The van der Waals surface area contributed by atoms with E-state index in [1.54, 1.807) is 24.3 Å². The smallest absolute Gasteiger partial charge is 0.253 e. The van der Waals surface area contributed by atoms with Crippen molar-refractivity contribution >= 4 is 15.9 Å². The maximum Gasteiger partial charge on any atom is 0.253 e. The fourth-order valence-corrected chi connectivity index (χ4v) is 6.05. The highest BCUT2D eigenvalue weighted by Gasteiger charge is 2.42. The second kappa shape index (κ2) is 8.29. The molecule has 2 aliphatic rings. The Morgan fingerprint density at radius 1 is 1.11 bits per heavy atom. The highest BCUT2D eigenvalue weighted by atomic mass is 32.2. The molecule has 0 spiro atoms. The van der Waals surface area contributed by atoms with Crippen molar-refractivity contribution in [1.82, 2.24) is 9.21 Å². The van der Waals surface area contributed by atoms with Crippen molar-refractivity contribution < 1.29 is 13.2 Å². The number of fused-ring (bicyclic) bond motifs is 1. The molecule has 1 amide bonds. The Bertz CT molecular complexity index is 757. The molecule has 2 N–H and O–H groups in total. The van der Waals surface area contributed by atoms with Crippen molar-refractivity contribution in [3.63, 3.8) is 0 Å². The third-order valence-corrected chi connectivity index (χ3v) is 7.80. The van der Waals surface area contributed by atoms with Crippen LogP contribution in [-0.2, 0) is 10.0 Å². The van der Waals surface area contributed by atoms with Gasteiger partial charge >= 0.3 is 0 Å². The zero-order valence-electron chi connectivity index (χ0n) is 16.3. The first kappa shape index (κ1) is 20.3. The molecule has 3 atom stereocenters. The van der Waals surface area contributed by atoms with E-state index in [1.165, 1.54) is 4.31 Å². The molecule has 3 rings (SSSR count). The van der Waals surface area contributed by atoms with Crippen molar-refractivity contribution in [3.8, 4) is 0 Å². The van der Waals surface area contributed by atoms with E-state index in [0.717, 1.165) is 32.2 Å². The number of carbonyl (C=O) groups excluding carboxylic acids is 1. The van der Waals surface area contributed by atoms with E-state index >= 15 is 0 Å². The second-order valence-electron chi connectivity index (χ2n) is 7.80. The van der Waals surface area contributed by atoms with Crippen LogP contribution in [0.15, 0.2) is 29.2 Å². The van der Waals surface area contributed by atoms with Crippen LogP contribution < -0.4 is 5.73 Å². The van der Waals surface area contributed by atoms with Gasteiger partial charge < -0.3 is 10.6 Å². The van der Waals surface area contributed by atoms with Crippen molar-refractivity contribution in [3.05, 3.63) is 29.8 Å². The van der Waals surface area contributed by atoms with Gasteiger partial charge in [0.15, 0.2) is 0 Å². The van der Waals surface area contributed by atoms with Gasteiger partial charge in [-0.25, -0.2) is 8.42 Å². The van der Waals surface area contributed by atoms with Gasteiger partial charge in [-0.2, -0.15) is 4.31 Å². The molecule has 0 bridgehead atoms. The topological polar surface area (TPSA) is 83.7 Å². The second-order valence-corrected chi connectivity index (χ2v) is 9.74. The zero-order chi connectivity index (χ0) is 19.6. The molecule has 7 heteroatoms. The molecular weight excluding hydrogens is 362 g/mol. The molecule has 1 aliphatic heterocycles. The molecule has 1 saturated carbocycles. The molecular formula is C20H31N3O3S. The predicted octanol–water partition coefficient (Wildman–Crippen LogP) is 2.31. The number of nitrogens with zero attached hydrogens (tertiary/aromatic N) is 2. The third kappa shape index (κ3) is 4.05. The Labute approximate surface area is 162 Å². The minimum Gasteiger partial charge on any atom is -0.338 e. The summed E-state index contributed by atoms with van der Waals surface area (Å²) in [6.07, 6.45) is 3.69. The van der Waals surface area contributed by atoms with Crippen molar-refractivity contribution in [2.45, 2.75) is 50.5 Å². The lowest BCUT2D eigenvalue weighted by Crippen LogP contribution is -2.34. The molecule has 3 unspecified atom stereocenters. The van der Waals surface area contributed by atoms with E-state index < -0.39 is 10.0 Å². The van der Waals surface area contributed by atoms with Crippen molar-refractivity contribution in [1.29, 1.82) is 0 Å². The SMILES string of the molecule is CCCN(CCC)S(=O)(=O)c1ccc(C(=O)N2CC3CCC(N)C3C2)cc1. The summed E-state index contributed by atoms with van der Waals surface area (Å²) in [5.74, 6) is 0.894. The number of benzene rings is 1. The number of sulfonamides is 1. The lowest BCUT2D eigenvalue weighted by molar-refractivity contribution is 0.0779. The number of hydrogen-bond acceptors (Lipinski definition) is 4. The lowest BCUT2D eigenvalue weighted by atomic mass is 9.98. The summed E-state index contributed by atoms with van der Waals surface area (Å²) in [5.41, 5.74) is 6.70. The molecule has 1 aliphatic carbocycles. The summed E-state index contributed by atoms with van der Waals surface area (Å²) < 4.78 is 27.2. The molecule has 0 radical (unpaired) electrons. The third-order valence-electron chi connectivity index (χ3n) is 5.88. The van der Waals surface area contributed by atoms with Crippen molar-refractivity contribution in [2.75, 3.05) is 26.2 Å². The summed E-state index contributed by atoms with van der Waals surface area (Å²) in [7, 11) is -3.51. The largest absolute Gasteiger partial charge is 0.338 e. The Balaban J connectivity index is 1.72. The molecule has 0 aromatic heterocycles. The first-order valence-corrected chi connectivity index (χ1v) is 11.5. The van der Waals surface area contributed by atoms with Gasteiger partial charge in [0.2, 0.25) is 10.0 Å². The van der Waals surface area contributed by atoms with Gasteiger partial charge in [0.25, 0.3) is 5.91 Å². The van der Waals surface area contributed by atoms with E-state index in [2.05, 4.69) is 0 Å². The van der Waals surface area contributed by atoms with Crippen LogP contribution >= 0.6 is 0 Å². The van der Waals surface area contributed by atoms with E-state index in [9.17, 15) is 13.2 Å². The maximum atomic E-state index is 12.8. The van der Waals surface area contributed by atoms with Gasteiger partial charge in [0, 0.05) is 37.8 Å². The normalized spacial score (nSPS) is 25.2. The number of nitrogens with two attached hydrogens (primary N) is 1. The predicted molar refractivity (Wildman–Crippen MR) is 106 cm³/mol. The van der Waals surface area contributed by atoms with Crippen LogP contribution in [0.5, 0.6) is 0 Å². The molecule has 2 fully saturated rings. The van der Waals surface area contributed by atoms with E-state index in [-0.39, 0.29) is 16.8 Å². The number of hydrogen-bond donors (Lipinski definition) is 1. The Morgan fingerprint density at radius 3 is 2.30 bits per heavy atom. The quantitative estimate of drug-likeness (QED) is 0.770. The molecule has 150 valence electrons. The standard InChI is InChI=1S/C20H31N3O3S/c1-3-11-23(12-4-2)27(25,26)17-8-5-15(6-9-17)20(24)22-13-16-7-10-19(21)18(16)14-22/h5-6,8-9,16,18-19H,3-4,7,10-14,21H2,1-2H3. The summed E-state index contributed by atoms with van der Waals surface area (Å²) in [5, 5.41) is 0. The highest BCUT2D eigenvalue weighted by molar-refractivity contribution is 7.89. The zero-order valence-corrected chi connectivity index (χ0v) is 17.1. The molecule has 1 aromatic rings. The Hall–Kier alpha value is -1.44. The first-order chi connectivity index (χ1) is 12.9. The van der Waals surface area contributed by atoms with Crippen LogP contribution in [0.4, 0.5) is 0 Å². The molecule has 1 saturated heterocycles. The van der Waals surface area contributed by atoms with Crippen LogP contribution in [0.2, 0.25) is 0 Å². The van der Waals surface area contributed by atoms with Gasteiger partial charge in [0.1, 0.15) is 0 Å². The van der Waals surface area contributed by atoms with Gasteiger partial charge in [-0.15, -0.1) is 0 Å². The van der Waals surface area contributed by atoms with Gasteiger partial charge in [-0.05, 0) is 61.8 Å². The van der Waals surface area contributed by atoms with Crippen LogP contribution in [0, 0.1) is 11.8 Å². The average Bonchev–Trinajstić information content (AvgIpc) is 3.23. The van der Waals surface area contributed by atoms with E-state index in [1.807, 2.05) is 18.7 Å². The van der Waals surface area contributed by atoms with Gasteiger partial charge in [-0.3, -0.25) is 4.79 Å². The van der Waals surface area contributed by atoms with Gasteiger partial charge in [0.05, 0.1) is 4.90 Å². The van der Waals surface area contributed by atoms with Crippen LogP contribution in [0.1, 0.15) is 49.9 Å². The summed E-state index contributed by atoms with van der Waals surface area (Å²) in [6.45, 7) is 6.43. The lowest BCUT2D eigenvalue weighted by Gasteiger charge is -2.21. The number of likely N-dealkylation sites (tertiary alicyclic amines) is 1. The average molecular weight is 394 g/mol. The maximum absolute atomic E-state index is 12.8.